The normalized spacial score (nSPS) is 17.4. The van der Waals surface area contributed by atoms with Crippen molar-refractivity contribution in [3.8, 4) is 0 Å². The van der Waals surface area contributed by atoms with Crippen LogP contribution in [0.4, 0.5) is 5.82 Å². The first kappa shape index (κ1) is 21.7. The minimum Gasteiger partial charge on any atom is -0.341 e. The molecule has 0 saturated carbocycles. The van der Waals surface area contributed by atoms with Gasteiger partial charge in [0.25, 0.3) is 0 Å². The highest BCUT2D eigenvalue weighted by atomic mass is 35.5. The standard InChI is InChI=1S/C17H25ClN4O2.ClH/c1-3-11(2)15(19)17(24)22-8-6-12(7-9-22)16(23)21-14-5-4-13(18)10-20-14;/h4-5,10-12,15H,3,6-9,19H2,1-2H3,(H,20,21,23);1H. The zero-order valence-corrected chi connectivity index (χ0v) is 16.1. The molecule has 0 bridgehead atoms. The van der Waals surface area contributed by atoms with E-state index >= 15 is 0 Å². The van der Waals surface area contributed by atoms with Gasteiger partial charge >= 0.3 is 0 Å². The lowest BCUT2D eigenvalue weighted by molar-refractivity contribution is -0.136. The molecule has 8 heteroatoms. The van der Waals surface area contributed by atoms with Crippen LogP contribution in [0.1, 0.15) is 33.1 Å². The van der Waals surface area contributed by atoms with E-state index in [1.165, 1.54) is 6.20 Å². The Labute approximate surface area is 159 Å². The Kier molecular flexibility index (Phi) is 8.62. The van der Waals surface area contributed by atoms with Crippen molar-refractivity contribution in [2.45, 2.75) is 39.2 Å². The first-order chi connectivity index (χ1) is 11.4. The lowest BCUT2D eigenvalue weighted by Crippen LogP contribution is -2.50. The van der Waals surface area contributed by atoms with Crippen molar-refractivity contribution in [2.24, 2.45) is 17.6 Å². The smallest absolute Gasteiger partial charge is 0.239 e. The lowest BCUT2D eigenvalue weighted by Gasteiger charge is -2.34. The number of pyridine rings is 1. The Morgan fingerprint density at radius 2 is 2.04 bits per heavy atom. The van der Waals surface area contributed by atoms with Crippen LogP contribution in [0.2, 0.25) is 5.02 Å². The summed E-state index contributed by atoms with van der Waals surface area (Å²) in [6, 6.07) is 2.89. The molecular formula is C17H26Cl2N4O2. The second-order valence-electron chi connectivity index (χ2n) is 6.36. The van der Waals surface area contributed by atoms with Crippen LogP contribution >= 0.6 is 24.0 Å². The van der Waals surface area contributed by atoms with Gasteiger partial charge < -0.3 is 16.0 Å². The number of carbonyl (C=O) groups is 2. The highest BCUT2D eigenvalue weighted by Gasteiger charge is 2.31. The molecule has 2 atom stereocenters. The first-order valence-corrected chi connectivity index (χ1v) is 8.77. The molecular weight excluding hydrogens is 363 g/mol. The zero-order valence-electron chi connectivity index (χ0n) is 14.6. The van der Waals surface area contributed by atoms with Gasteiger partial charge in [0.1, 0.15) is 5.82 Å². The molecule has 1 aliphatic heterocycles. The summed E-state index contributed by atoms with van der Waals surface area (Å²) in [5, 5.41) is 3.32. The van der Waals surface area contributed by atoms with Crippen LogP contribution in [-0.2, 0) is 9.59 Å². The summed E-state index contributed by atoms with van der Waals surface area (Å²) in [6.45, 7) is 5.14. The fraction of sp³-hybridized carbons (Fsp3) is 0.588. The van der Waals surface area contributed by atoms with Gasteiger partial charge in [-0.25, -0.2) is 4.98 Å². The Balaban J connectivity index is 0.00000312. The lowest BCUT2D eigenvalue weighted by atomic mass is 9.93. The molecule has 2 amide bonds. The fourth-order valence-electron chi connectivity index (χ4n) is 2.75. The van der Waals surface area contributed by atoms with E-state index in [1.54, 1.807) is 17.0 Å². The molecule has 3 N–H and O–H groups in total. The van der Waals surface area contributed by atoms with Crippen LogP contribution in [0.25, 0.3) is 0 Å². The van der Waals surface area contributed by atoms with Gasteiger partial charge in [0, 0.05) is 25.2 Å². The molecule has 0 aromatic carbocycles. The van der Waals surface area contributed by atoms with E-state index in [0.29, 0.717) is 36.8 Å². The molecule has 1 aliphatic rings. The molecule has 0 spiro atoms. The SMILES string of the molecule is CCC(C)C(N)C(=O)N1CCC(C(=O)Nc2ccc(Cl)cn2)CC1.Cl. The summed E-state index contributed by atoms with van der Waals surface area (Å²) < 4.78 is 0. The van der Waals surface area contributed by atoms with Crippen molar-refractivity contribution in [1.82, 2.24) is 9.88 Å². The molecule has 1 aromatic heterocycles. The third-order valence-electron chi connectivity index (χ3n) is 4.70. The van der Waals surface area contributed by atoms with Crippen LogP contribution in [0.3, 0.4) is 0 Å². The second kappa shape index (κ2) is 9.94. The molecule has 0 radical (unpaired) electrons. The van der Waals surface area contributed by atoms with Crippen LogP contribution in [0, 0.1) is 11.8 Å². The van der Waals surface area contributed by atoms with Crippen LogP contribution in [0.15, 0.2) is 18.3 Å². The molecule has 2 heterocycles. The molecule has 1 aromatic rings. The summed E-state index contributed by atoms with van der Waals surface area (Å²) in [6.07, 6.45) is 3.64. The molecule has 1 fully saturated rings. The van der Waals surface area contributed by atoms with E-state index in [9.17, 15) is 9.59 Å². The summed E-state index contributed by atoms with van der Waals surface area (Å²) in [5.74, 6) is 0.452. The number of hydrogen-bond acceptors (Lipinski definition) is 4. The predicted octanol–water partition coefficient (Wildman–Crippen LogP) is 2.71. The quantitative estimate of drug-likeness (QED) is 0.811. The number of nitrogens with two attached hydrogens (primary N) is 1. The average Bonchev–Trinajstić information content (AvgIpc) is 2.61. The van der Waals surface area contributed by atoms with E-state index in [4.69, 9.17) is 17.3 Å². The van der Waals surface area contributed by atoms with E-state index < -0.39 is 6.04 Å². The van der Waals surface area contributed by atoms with E-state index in [-0.39, 0.29) is 36.1 Å². The summed E-state index contributed by atoms with van der Waals surface area (Å²) in [5.41, 5.74) is 6.02. The third-order valence-corrected chi connectivity index (χ3v) is 4.92. The average molecular weight is 389 g/mol. The van der Waals surface area contributed by atoms with Gasteiger partial charge in [-0.3, -0.25) is 9.59 Å². The Morgan fingerprint density at radius 1 is 1.40 bits per heavy atom. The molecule has 1 saturated heterocycles. The second-order valence-corrected chi connectivity index (χ2v) is 6.80. The van der Waals surface area contributed by atoms with Crippen LogP contribution in [0.5, 0.6) is 0 Å². The van der Waals surface area contributed by atoms with Crippen molar-refractivity contribution >= 4 is 41.6 Å². The molecule has 140 valence electrons. The summed E-state index contributed by atoms with van der Waals surface area (Å²) in [4.78, 5) is 30.5. The number of anilines is 1. The maximum atomic E-state index is 12.4. The van der Waals surface area contributed by atoms with Crippen LogP contribution in [-0.4, -0.2) is 40.8 Å². The number of carbonyl (C=O) groups excluding carboxylic acids is 2. The van der Waals surface area contributed by atoms with E-state index in [1.807, 2.05) is 13.8 Å². The topological polar surface area (TPSA) is 88.3 Å². The van der Waals surface area contributed by atoms with Gasteiger partial charge in [-0.2, -0.15) is 0 Å². The molecule has 2 rings (SSSR count). The Hall–Kier alpha value is -1.37. The Morgan fingerprint density at radius 3 is 2.56 bits per heavy atom. The molecule has 2 unspecified atom stereocenters. The van der Waals surface area contributed by atoms with Gasteiger partial charge in [0.2, 0.25) is 11.8 Å². The number of piperidine rings is 1. The number of amides is 2. The van der Waals surface area contributed by atoms with Crippen molar-refractivity contribution in [3.63, 3.8) is 0 Å². The first-order valence-electron chi connectivity index (χ1n) is 8.39. The monoisotopic (exact) mass is 388 g/mol. The molecule has 0 aliphatic carbocycles. The number of halogens is 2. The Bertz CT molecular complexity index is 575. The van der Waals surface area contributed by atoms with E-state index in [0.717, 1.165) is 6.42 Å². The number of hydrogen-bond donors (Lipinski definition) is 2. The van der Waals surface area contributed by atoms with Gasteiger partial charge in [-0.15, -0.1) is 12.4 Å². The van der Waals surface area contributed by atoms with Gasteiger partial charge in [0.05, 0.1) is 11.1 Å². The summed E-state index contributed by atoms with van der Waals surface area (Å²) in [7, 11) is 0. The minimum absolute atomic E-state index is 0. The number of nitrogens with one attached hydrogen (secondary N) is 1. The highest BCUT2D eigenvalue weighted by Crippen LogP contribution is 2.21. The number of rotatable bonds is 5. The fourth-order valence-corrected chi connectivity index (χ4v) is 2.86. The maximum absolute atomic E-state index is 12.4. The molecule has 6 nitrogen and oxygen atoms in total. The number of aromatic nitrogens is 1. The third kappa shape index (κ3) is 5.83. The minimum atomic E-state index is -0.460. The summed E-state index contributed by atoms with van der Waals surface area (Å²) >= 11 is 5.78. The number of likely N-dealkylation sites (tertiary alicyclic amines) is 1. The highest BCUT2D eigenvalue weighted by molar-refractivity contribution is 6.30. The van der Waals surface area contributed by atoms with Gasteiger partial charge in [-0.05, 0) is 30.9 Å². The van der Waals surface area contributed by atoms with Gasteiger partial charge in [0.15, 0.2) is 0 Å². The zero-order chi connectivity index (χ0) is 17.7. The largest absolute Gasteiger partial charge is 0.341 e. The van der Waals surface area contributed by atoms with Crippen molar-refractivity contribution in [1.29, 1.82) is 0 Å². The number of nitrogens with zero attached hydrogens (tertiary/aromatic N) is 2. The maximum Gasteiger partial charge on any atom is 0.239 e. The molecule has 25 heavy (non-hydrogen) atoms. The van der Waals surface area contributed by atoms with E-state index in [2.05, 4.69) is 10.3 Å². The van der Waals surface area contributed by atoms with Crippen molar-refractivity contribution < 1.29 is 9.59 Å². The van der Waals surface area contributed by atoms with Crippen molar-refractivity contribution in [2.75, 3.05) is 18.4 Å². The predicted molar refractivity (Wildman–Crippen MR) is 102 cm³/mol. The van der Waals surface area contributed by atoms with Gasteiger partial charge in [-0.1, -0.05) is 31.9 Å². The van der Waals surface area contributed by atoms with Crippen molar-refractivity contribution in [3.05, 3.63) is 23.4 Å². The van der Waals surface area contributed by atoms with Crippen LogP contribution < -0.4 is 11.1 Å².